The molecule has 0 bridgehead atoms. The number of hydrogen-bond donors (Lipinski definition) is 1. The number of carbonyl (C=O) groups excluding carboxylic acids is 1. The first kappa shape index (κ1) is 22.2. The van der Waals surface area contributed by atoms with Gasteiger partial charge in [0.2, 0.25) is 5.91 Å². The van der Waals surface area contributed by atoms with Crippen LogP contribution in [0.3, 0.4) is 0 Å². The molecular weight excluding hydrogens is 462 g/mol. The lowest BCUT2D eigenvalue weighted by molar-refractivity contribution is -0.126. The molecule has 0 saturated carbocycles. The predicted molar refractivity (Wildman–Crippen MR) is 116 cm³/mol. The lowest BCUT2D eigenvalue weighted by Gasteiger charge is -2.34. The second kappa shape index (κ2) is 9.55. The Kier molecular flexibility index (Phi) is 7.58. The van der Waals surface area contributed by atoms with Crippen molar-refractivity contribution in [2.24, 2.45) is 11.8 Å². The van der Waals surface area contributed by atoms with Crippen molar-refractivity contribution < 1.29 is 13.2 Å². The minimum Gasteiger partial charge on any atom is -0.352 e. The fourth-order valence-corrected chi connectivity index (χ4v) is 7.87. The topological polar surface area (TPSA) is 69.7 Å². The number of rotatable bonds is 6. The number of thiophene rings is 1. The monoisotopic (exact) mass is 491 g/mol. The van der Waals surface area contributed by atoms with Gasteiger partial charge in [0, 0.05) is 32.2 Å². The lowest BCUT2D eigenvalue weighted by atomic mass is 9.98. The van der Waals surface area contributed by atoms with E-state index in [1.807, 2.05) is 6.92 Å². The highest BCUT2D eigenvalue weighted by atomic mass is 79.9. The molecule has 28 heavy (non-hydrogen) atoms. The standard InChI is InChI=1S/C19H30BrN3O3S2/c1-14-5-3-9-22(11-14)12-15(2)21-19(24)16-6-4-10-23(13-16)28(25,26)18-8-7-17(20)27-18/h7-8,14-16H,3-6,9-13H2,1-2H3,(H,21,24). The van der Waals surface area contributed by atoms with Crippen LogP contribution in [0.25, 0.3) is 0 Å². The van der Waals surface area contributed by atoms with E-state index in [0.29, 0.717) is 23.1 Å². The zero-order valence-electron chi connectivity index (χ0n) is 16.6. The highest BCUT2D eigenvalue weighted by molar-refractivity contribution is 9.11. The summed E-state index contributed by atoms with van der Waals surface area (Å²) in [6.45, 7) is 8.09. The molecule has 1 N–H and O–H groups in total. The molecule has 0 spiro atoms. The quantitative estimate of drug-likeness (QED) is 0.663. The molecular formula is C19H30BrN3O3S2. The minimum absolute atomic E-state index is 0.0233. The molecule has 0 radical (unpaired) electrons. The van der Waals surface area contributed by atoms with Crippen molar-refractivity contribution in [3.8, 4) is 0 Å². The van der Waals surface area contributed by atoms with Gasteiger partial charge in [-0.05, 0) is 73.1 Å². The summed E-state index contributed by atoms with van der Waals surface area (Å²) >= 11 is 4.53. The van der Waals surface area contributed by atoms with Gasteiger partial charge in [-0.15, -0.1) is 11.3 Å². The molecule has 9 heteroatoms. The Morgan fingerprint density at radius 1 is 1.29 bits per heavy atom. The maximum absolute atomic E-state index is 12.9. The largest absolute Gasteiger partial charge is 0.352 e. The maximum Gasteiger partial charge on any atom is 0.252 e. The summed E-state index contributed by atoms with van der Waals surface area (Å²) in [4.78, 5) is 15.2. The number of nitrogens with one attached hydrogen (secondary N) is 1. The van der Waals surface area contributed by atoms with Gasteiger partial charge in [0.05, 0.1) is 9.70 Å². The van der Waals surface area contributed by atoms with E-state index in [4.69, 9.17) is 0 Å². The molecule has 2 aliphatic heterocycles. The predicted octanol–water partition coefficient (Wildman–Crippen LogP) is 3.15. The Balaban J connectivity index is 1.55. The van der Waals surface area contributed by atoms with Gasteiger partial charge in [0.15, 0.2) is 0 Å². The van der Waals surface area contributed by atoms with Gasteiger partial charge in [-0.25, -0.2) is 8.42 Å². The summed E-state index contributed by atoms with van der Waals surface area (Å²) in [6, 6.07) is 3.43. The second-order valence-corrected chi connectivity index (χ2v) is 12.8. The van der Waals surface area contributed by atoms with Crippen molar-refractivity contribution in [3.63, 3.8) is 0 Å². The number of sulfonamides is 1. The van der Waals surface area contributed by atoms with Crippen molar-refractivity contribution in [1.82, 2.24) is 14.5 Å². The number of piperidine rings is 2. The molecule has 1 aromatic rings. The minimum atomic E-state index is -3.53. The first-order chi connectivity index (χ1) is 13.3. The number of amides is 1. The molecule has 3 unspecified atom stereocenters. The van der Waals surface area contributed by atoms with Gasteiger partial charge in [-0.1, -0.05) is 6.92 Å². The van der Waals surface area contributed by atoms with Crippen LogP contribution in [0.5, 0.6) is 0 Å². The third-order valence-corrected chi connectivity index (χ3v) is 9.52. The molecule has 3 atom stereocenters. The van der Waals surface area contributed by atoms with Crippen LogP contribution in [0.1, 0.15) is 39.5 Å². The lowest BCUT2D eigenvalue weighted by Crippen LogP contribution is -2.50. The van der Waals surface area contributed by atoms with Crippen molar-refractivity contribution in [2.45, 2.75) is 49.8 Å². The zero-order chi connectivity index (χ0) is 20.3. The van der Waals surface area contributed by atoms with Crippen LogP contribution in [0.4, 0.5) is 0 Å². The van der Waals surface area contributed by atoms with E-state index in [9.17, 15) is 13.2 Å². The van der Waals surface area contributed by atoms with Crippen LogP contribution >= 0.6 is 27.3 Å². The van der Waals surface area contributed by atoms with Crippen LogP contribution < -0.4 is 5.32 Å². The zero-order valence-corrected chi connectivity index (χ0v) is 19.8. The van der Waals surface area contributed by atoms with Gasteiger partial charge in [-0.2, -0.15) is 4.31 Å². The van der Waals surface area contributed by atoms with Crippen molar-refractivity contribution in [2.75, 3.05) is 32.7 Å². The Labute approximate surface area is 180 Å². The molecule has 1 aromatic heterocycles. The normalized spacial score (nSPS) is 26.1. The maximum atomic E-state index is 12.9. The smallest absolute Gasteiger partial charge is 0.252 e. The van der Waals surface area contributed by atoms with E-state index in [1.165, 1.54) is 28.5 Å². The Bertz CT molecular complexity index is 783. The molecule has 2 fully saturated rings. The summed E-state index contributed by atoms with van der Waals surface area (Å²) in [5.74, 6) is 0.408. The molecule has 2 saturated heterocycles. The summed E-state index contributed by atoms with van der Waals surface area (Å²) in [7, 11) is -3.53. The van der Waals surface area contributed by atoms with Gasteiger partial charge in [0.25, 0.3) is 10.0 Å². The number of halogens is 1. The van der Waals surface area contributed by atoms with E-state index in [0.717, 1.165) is 29.8 Å². The first-order valence-electron chi connectivity index (χ1n) is 10.0. The average molecular weight is 493 g/mol. The molecule has 6 nitrogen and oxygen atoms in total. The number of carbonyl (C=O) groups is 1. The third-order valence-electron chi connectivity index (χ3n) is 5.56. The Morgan fingerprint density at radius 2 is 2.04 bits per heavy atom. The summed E-state index contributed by atoms with van der Waals surface area (Å²) < 4.78 is 28.3. The first-order valence-corrected chi connectivity index (χ1v) is 13.1. The summed E-state index contributed by atoms with van der Waals surface area (Å²) in [6.07, 6.45) is 3.95. The summed E-state index contributed by atoms with van der Waals surface area (Å²) in [5, 5.41) is 3.12. The van der Waals surface area contributed by atoms with E-state index < -0.39 is 10.0 Å². The highest BCUT2D eigenvalue weighted by Gasteiger charge is 2.34. The number of likely N-dealkylation sites (tertiary alicyclic amines) is 1. The highest BCUT2D eigenvalue weighted by Crippen LogP contribution is 2.31. The van der Waals surface area contributed by atoms with Crippen LogP contribution in [0, 0.1) is 11.8 Å². The van der Waals surface area contributed by atoms with Gasteiger partial charge in [0.1, 0.15) is 4.21 Å². The summed E-state index contributed by atoms with van der Waals surface area (Å²) in [5.41, 5.74) is 0. The van der Waals surface area contributed by atoms with Crippen molar-refractivity contribution >= 4 is 43.2 Å². The molecule has 0 aliphatic carbocycles. The van der Waals surface area contributed by atoms with E-state index >= 15 is 0 Å². The molecule has 158 valence electrons. The molecule has 3 heterocycles. The Hall–Kier alpha value is -0.480. The van der Waals surface area contributed by atoms with E-state index in [-0.39, 0.29) is 24.4 Å². The van der Waals surface area contributed by atoms with Crippen LogP contribution in [0.15, 0.2) is 20.1 Å². The van der Waals surface area contributed by atoms with E-state index in [1.54, 1.807) is 12.1 Å². The fraction of sp³-hybridized carbons (Fsp3) is 0.737. The third kappa shape index (κ3) is 5.56. The molecule has 3 rings (SSSR count). The Morgan fingerprint density at radius 3 is 2.71 bits per heavy atom. The van der Waals surface area contributed by atoms with Crippen molar-refractivity contribution in [1.29, 1.82) is 0 Å². The van der Waals surface area contributed by atoms with Gasteiger partial charge < -0.3 is 10.2 Å². The van der Waals surface area contributed by atoms with E-state index in [2.05, 4.69) is 33.1 Å². The molecule has 2 aliphatic rings. The SMILES string of the molecule is CC1CCCN(CC(C)NC(=O)C2CCCN(S(=O)(=O)c3ccc(Br)s3)C2)C1. The number of nitrogens with zero attached hydrogens (tertiary/aromatic N) is 2. The molecule has 1 amide bonds. The average Bonchev–Trinajstić information content (AvgIpc) is 3.09. The van der Waals surface area contributed by atoms with Gasteiger partial charge in [-0.3, -0.25) is 4.79 Å². The number of hydrogen-bond acceptors (Lipinski definition) is 5. The van der Waals surface area contributed by atoms with Gasteiger partial charge >= 0.3 is 0 Å². The van der Waals surface area contributed by atoms with Crippen LogP contribution in [-0.4, -0.2) is 62.3 Å². The van der Waals surface area contributed by atoms with Crippen LogP contribution in [0.2, 0.25) is 0 Å². The molecule has 0 aromatic carbocycles. The second-order valence-electron chi connectivity index (χ2n) is 8.18. The van der Waals surface area contributed by atoms with Crippen molar-refractivity contribution in [3.05, 3.63) is 15.9 Å². The van der Waals surface area contributed by atoms with Crippen LogP contribution in [-0.2, 0) is 14.8 Å². The fourth-order valence-electron chi connectivity index (χ4n) is 4.18.